The molecule has 32 heavy (non-hydrogen) atoms. The molecule has 1 aliphatic rings. The zero-order chi connectivity index (χ0) is 21.9. The molecule has 164 valence electrons. The van der Waals surface area contributed by atoms with Gasteiger partial charge in [-0.15, -0.1) is 0 Å². The molecule has 1 aliphatic heterocycles. The summed E-state index contributed by atoms with van der Waals surface area (Å²) in [5.74, 6) is 2.43. The Balaban J connectivity index is 1.13. The van der Waals surface area contributed by atoms with Gasteiger partial charge in [-0.3, -0.25) is 4.79 Å². The number of hydrogen-bond acceptors (Lipinski definition) is 9. The number of benzene rings is 1. The Labute approximate surface area is 188 Å². The molecule has 0 N–H and O–H groups in total. The van der Waals surface area contributed by atoms with Crippen molar-refractivity contribution in [3.8, 4) is 11.4 Å². The third kappa shape index (κ3) is 4.31. The number of thioether (sulfide) groups is 1. The third-order valence-corrected chi connectivity index (χ3v) is 6.14. The van der Waals surface area contributed by atoms with Gasteiger partial charge in [0.15, 0.2) is 5.58 Å². The molecule has 4 heterocycles. The van der Waals surface area contributed by atoms with Crippen LogP contribution in [0.3, 0.4) is 0 Å². The summed E-state index contributed by atoms with van der Waals surface area (Å²) in [5.41, 5.74) is 2.36. The van der Waals surface area contributed by atoms with Gasteiger partial charge in [0.1, 0.15) is 11.3 Å². The first-order valence-corrected chi connectivity index (χ1v) is 11.5. The summed E-state index contributed by atoms with van der Waals surface area (Å²) in [7, 11) is 0. The summed E-state index contributed by atoms with van der Waals surface area (Å²) in [6.07, 6.45) is 2.46. The van der Waals surface area contributed by atoms with Crippen LogP contribution in [0.1, 0.15) is 12.8 Å². The van der Waals surface area contributed by atoms with Crippen LogP contribution in [0, 0.1) is 0 Å². The van der Waals surface area contributed by atoms with Gasteiger partial charge in [-0.25, -0.2) is 9.97 Å². The minimum absolute atomic E-state index is 0.0871. The van der Waals surface area contributed by atoms with Crippen molar-refractivity contribution in [2.75, 3.05) is 36.8 Å². The lowest BCUT2D eigenvalue weighted by atomic mass is 10.2. The first-order chi connectivity index (χ1) is 15.7. The standard InChI is InChI=1S/C22H22N6O3S/c1-2-19-25-21(26-31-19)15-7-8-18(23-13-15)27-9-11-28(12-10-27)20(29)14-32-22-24-16-5-3-4-6-17(16)30-22/h3-8,13H,2,9-12,14H2,1H3. The van der Waals surface area contributed by atoms with E-state index in [-0.39, 0.29) is 5.91 Å². The Morgan fingerprint density at radius 1 is 1.09 bits per heavy atom. The van der Waals surface area contributed by atoms with Crippen molar-refractivity contribution in [1.82, 2.24) is 25.0 Å². The fraction of sp³-hybridized carbons (Fsp3) is 0.318. The van der Waals surface area contributed by atoms with Gasteiger partial charge in [0, 0.05) is 44.4 Å². The van der Waals surface area contributed by atoms with E-state index in [1.54, 1.807) is 6.20 Å². The molecule has 5 rings (SSSR count). The van der Waals surface area contributed by atoms with Crippen molar-refractivity contribution in [2.24, 2.45) is 0 Å². The van der Waals surface area contributed by atoms with Crippen LogP contribution >= 0.6 is 11.8 Å². The van der Waals surface area contributed by atoms with Crippen molar-refractivity contribution in [3.63, 3.8) is 0 Å². The Morgan fingerprint density at radius 2 is 1.94 bits per heavy atom. The van der Waals surface area contributed by atoms with Gasteiger partial charge < -0.3 is 18.7 Å². The minimum Gasteiger partial charge on any atom is -0.431 e. The molecular formula is C22H22N6O3S. The molecule has 4 aromatic rings. The van der Waals surface area contributed by atoms with Gasteiger partial charge in [0.25, 0.3) is 5.22 Å². The molecule has 10 heteroatoms. The lowest BCUT2D eigenvalue weighted by Gasteiger charge is -2.35. The number of carbonyl (C=O) groups is 1. The second-order valence-electron chi connectivity index (χ2n) is 7.37. The fourth-order valence-corrected chi connectivity index (χ4v) is 4.27. The van der Waals surface area contributed by atoms with E-state index < -0.39 is 0 Å². The molecule has 1 fully saturated rings. The summed E-state index contributed by atoms with van der Waals surface area (Å²) in [6, 6.07) is 11.5. The number of hydrogen-bond donors (Lipinski definition) is 0. The smallest absolute Gasteiger partial charge is 0.257 e. The van der Waals surface area contributed by atoms with Gasteiger partial charge in [-0.1, -0.05) is 36.0 Å². The Hall–Kier alpha value is -3.40. The van der Waals surface area contributed by atoms with Gasteiger partial charge in [-0.05, 0) is 24.3 Å². The van der Waals surface area contributed by atoms with Crippen LogP contribution in [0.2, 0.25) is 0 Å². The highest BCUT2D eigenvalue weighted by Gasteiger charge is 2.22. The maximum Gasteiger partial charge on any atom is 0.257 e. The van der Waals surface area contributed by atoms with E-state index in [2.05, 4.69) is 25.0 Å². The average molecular weight is 451 g/mol. The predicted molar refractivity (Wildman–Crippen MR) is 120 cm³/mol. The Morgan fingerprint density at radius 3 is 2.66 bits per heavy atom. The molecule has 0 spiro atoms. The van der Waals surface area contributed by atoms with Crippen LogP contribution in [0.15, 0.2) is 56.8 Å². The second-order valence-corrected chi connectivity index (χ2v) is 8.30. The van der Waals surface area contributed by atoms with E-state index in [9.17, 15) is 4.79 Å². The molecule has 0 bridgehead atoms. The fourth-order valence-electron chi connectivity index (χ4n) is 3.53. The summed E-state index contributed by atoms with van der Waals surface area (Å²) < 4.78 is 10.8. The molecule has 1 aromatic carbocycles. The first-order valence-electron chi connectivity index (χ1n) is 10.5. The number of para-hydroxylation sites is 2. The van der Waals surface area contributed by atoms with E-state index in [0.29, 0.717) is 42.2 Å². The molecule has 1 saturated heterocycles. The van der Waals surface area contributed by atoms with E-state index in [4.69, 9.17) is 8.94 Å². The van der Waals surface area contributed by atoms with Crippen LogP contribution in [-0.2, 0) is 11.2 Å². The number of pyridine rings is 1. The third-order valence-electron chi connectivity index (χ3n) is 5.33. The SMILES string of the molecule is CCc1nc(-c2ccc(N3CCN(C(=O)CSc4nc5ccccc5o4)CC3)nc2)no1. The first kappa shape index (κ1) is 20.5. The number of nitrogens with zero attached hydrogens (tertiary/aromatic N) is 6. The van der Waals surface area contributed by atoms with E-state index in [1.165, 1.54) is 11.8 Å². The van der Waals surface area contributed by atoms with Crippen molar-refractivity contribution in [1.29, 1.82) is 0 Å². The molecule has 0 radical (unpaired) electrons. The lowest BCUT2D eigenvalue weighted by molar-refractivity contribution is -0.128. The number of rotatable bonds is 6. The van der Waals surface area contributed by atoms with Gasteiger partial charge in [0.05, 0.1) is 5.75 Å². The average Bonchev–Trinajstić information content (AvgIpc) is 3.49. The minimum atomic E-state index is 0.0871. The second kappa shape index (κ2) is 8.99. The van der Waals surface area contributed by atoms with E-state index in [1.807, 2.05) is 48.2 Å². The summed E-state index contributed by atoms with van der Waals surface area (Å²) in [4.78, 5) is 30.0. The zero-order valence-electron chi connectivity index (χ0n) is 17.6. The lowest BCUT2D eigenvalue weighted by Crippen LogP contribution is -2.49. The number of aromatic nitrogens is 4. The number of fused-ring (bicyclic) bond motifs is 1. The molecule has 1 amide bonds. The molecule has 0 atom stereocenters. The van der Waals surface area contributed by atoms with E-state index >= 15 is 0 Å². The normalized spacial score (nSPS) is 14.3. The topological polar surface area (TPSA) is 101 Å². The summed E-state index contributed by atoms with van der Waals surface area (Å²) >= 11 is 1.33. The summed E-state index contributed by atoms with van der Waals surface area (Å²) in [6.45, 7) is 4.74. The highest BCUT2D eigenvalue weighted by atomic mass is 32.2. The van der Waals surface area contributed by atoms with Crippen molar-refractivity contribution in [2.45, 2.75) is 18.6 Å². The number of oxazole rings is 1. The van der Waals surface area contributed by atoms with Gasteiger partial charge in [0.2, 0.25) is 17.6 Å². The molecule has 9 nitrogen and oxygen atoms in total. The molecule has 0 aliphatic carbocycles. The Bertz CT molecular complexity index is 1180. The number of aryl methyl sites for hydroxylation is 1. The Kier molecular flexibility index (Phi) is 5.76. The maximum absolute atomic E-state index is 12.6. The summed E-state index contributed by atoms with van der Waals surface area (Å²) in [5, 5.41) is 4.51. The zero-order valence-corrected chi connectivity index (χ0v) is 18.4. The number of piperazine rings is 1. The van der Waals surface area contributed by atoms with Crippen LogP contribution < -0.4 is 4.90 Å². The van der Waals surface area contributed by atoms with Crippen LogP contribution in [0.25, 0.3) is 22.5 Å². The molecule has 0 saturated carbocycles. The van der Waals surface area contributed by atoms with Crippen molar-refractivity contribution in [3.05, 3.63) is 48.5 Å². The van der Waals surface area contributed by atoms with Crippen LogP contribution in [0.5, 0.6) is 0 Å². The molecule has 3 aromatic heterocycles. The highest BCUT2D eigenvalue weighted by molar-refractivity contribution is 7.99. The van der Waals surface area contributed by atoms with E-state index in [0.717, 1.165) is 35.6 Å². The van der Waals surface area contributed by atoms with Crippen LogP contribution in [0.4, 0.5) is 5.82 Å². The highest BCUT2D eigenvalue weighted by Crippen LogP contribution is 2.24. The number of amides is 1. The molecule has 0 unspecified atom stereocenters. The monoisotopic (exact) mass is 450 g/mol. The largest absolute Gasteiger partial charge is 0.431 e. The van der Waals surface area contributed by atoms with Crippen LogP contribution in [-0.4, -0.2) is 62.8 Å². The van der Waals surface area contributed by atoms with Crippen molar-refractivity contribution < 1.29 is 13.7 Å². The van der Waals surface area contributed by atoms with Crippen molar-refractivity contribution >= 4 is 34.6 Å². The quantitative estimate of drug-likeness (QED) is 0.410. The maximum atomic E-state index is 12.6. The van der Waals surface area contributed by atoms with Gasteiger partial charge in [-0.2, -0.15) is 4.98 Å². The number of carbonyl (C=O) groups excluding carboxylic acids is 1. The molecular weight excluding hydrogens is 428 g/mol. The number of anilines is 1. The predicted octanol–water partition coefficient (Wildman–Crippen LogP) is 3.28. The van der Waals surface area contributed by atoms with Gasteiger partial charge >= 0.3 is 0 Å².